The average Bonchev–Trinajstić information content (AvgIpc) is 3.54. The normalized spacial score (nSPS) is 11.6. The van der Waals surface area contributed by atoms with Crippen LogP contribution in [0.2, 0.25) is 0 Å². The molecule has 0 N–H and O–H groups in total. The molecule has 0 saturated heterocycles. The highest BCUT2D eigenvalue weighted by Crippen LogP contribution is 2.33. The third-order valence-corrected chi connectivity index (χ3v) is 7.75. The first kappa shape index (κ1) is 28.0. The van der Waals surface area contributed by atoms with Crippen LogP contribution in [0.4, 0.5) is 4.39 Å². The summed E-state index contributed by atoms with van der Waals surface area (Å²) in [5.41, 5.74) is -1.70. The van der Waals surface area contributed by atoms with Crippen molar-refractivity contribution in [2.45, 2.75) is 52.6 Å². The van der Waals surface area contributed by atoms with Crippen LogP contribution < -0.4 is 16.0 Å². The van der Waals surface area contributed by atoms with Gasteiger partial charge < -0.3 is 9.47 Å². The third kappa shape index (κ3) is 5.03. The van der Waals surface area contributed by atoms with Gasteiger partial charge in [-0.2, -0.15) is 10.2 Å². The summed E-state index contributed by atoms with van der Waals surface area (Å²) in [5, 5.41) is 9.13. The van der Waals surface area contributed by atoms with E-state index in [4.69, 9.17) is 9.47 Å². The molecule has 206 valence electrons. The van der Waals surface area contributed by atoms with Crippen LogP contribution in [0.25, 0.3) is 20.8 Å². The van der Waals surface area contributed by atoms with Crippen molar-refractivity contribution < 1.29 is 18.7 Å². The summed E-state index contributed by atoms with van der Waals surface area (Å²) in [6.07, 6.45) is 4.47. The minimum atomic E-state index is -1.62. The lowest BCUT2D eigenvalue weighted by atomic mass is 10.0. The van der Waals surface area contributed by atoms with Gasteiger partial charge >= 0.3 is 11.7 Å². The first-order valence-corrected chi connectivity index (χ1v) is 13.2. The lowest BCUT2D eigenvalue weighted by Gasteiger charge is -2.26. The quantitative estimate of drug-likeness (QED) is 0.214. The Bertz CT molecular complexity index is 1670. The van der Waals surface area contributed by atoms with E-state index in [1.165, 1.54) is 60.9 Å². The molecule has 0 fully saturated rings. The van der Waals surface area contributed by atoms with Crippen LogP contribution in [-0.4, -0.2) is 43.8 Å². The molecule has 12 heteroatoms. The van der Waals surface area contributed by atoms with Crippen molar-refractivity contribution in [3.63, 3.8) is 0 Å². The molecule has 0 spiro atoms. The first-order valence-electron chi connectivity index (χ1n) is 12.4. The molecule has 10 nitrogen and oxygen atoms in total. The van der Waals surface area contributed by atoms with Crippen LogP contribution >= 0.6 is 11.3 Å². The summed E-state index contributed by atoms with van der Waals surface area (Å²) in [6, 6.07) is 4.01. The lowest BCUT2D eigenvalue weighted by Crippen LogP contribution is -2.53. The van der Waals surface area contributed by atoms with Crippen molar-refractivity contribution in [1.82, 2.24) is 24.1 Å². The number of carbonyl (C=O) groups excluding carboxylic acids is 1. The molecular formula is C27H30FN5O5S. The summed E-state index contributed by atoms with van der Waals surface area (Å²) in [6.45, 7) is 10.8. The average molecular weight is 556 g/mol. The highest BCUT2D eigenvalue weighted by atomic mass is 32.1. The zero-order valence-electron chi connectivity index (χ0n) is 22.5. The predicted molar refractivity (Wildman–Crippen MR) is 147 cm³/mol. The Hall–Kier alpha value is -4.06. The summed E-state index contributed by atoms with van der Waals surface area (Å²) in [7, 11) is 1.45. The maximum absolute atomic E-state index is 14.1. The molecule has 0 amide bonds. The van der Waals surface area contributed by atoms with E-state index in [1.54, 1.807) is 6.92 Å². The van der Waals surface area contributed by atoms with Crippen molar-refractivity contribution in [3.05, 3.63) is 75.0 Å². The number of thiophene rings is 1. The number of nitrogens with zero attached hydrogens (tertiary/aromatic N) is 5. The minimum Gasteiger partial charge on any atom is -0.496 e. The molecule has 39 heavy (non-hydrogen) atoms. The Morgan fingerprint density at radius 2 is 1.90 bits per heavy atom. The number of benzene rings is 1. The summed E-state index contributed by atoms with van der Waals surface area (Å²) < 4.78 is 27.2. The standard InChI is InChI=1S/C27H30FN5O5S/c1-7-8-13-38-25(35)27(4,5)32-22(34)21-17(3)23(33-29-11-12-30-33)39-24(21)31(26(32)36)15-16(2)19-14-18(28)9-10-20(19)37-6/h9-12,14H,2,7-8,13,15H2,1,3-6H3. The van der Waals surface area contributed by atoms with Gasteiger partial charge in [0.1, 0.15) is 26.9 Å². The fourth-order valence-electron chi connectivity index (χ4n) is 4.29. The molecule has 4 aromatic rings. The van der Waals surface area contributed by atoms with E-state index in [2.05, 4.69) is 16.8 Å². The molecule has 0 unspecified atom stereocenters. The van der Waals surface area contributed by atoms with Gasteiger partial charge in [-0.05, 0) is 51.0 Å². The summed E-state index contributed by atoms with van der Waals surface area (Å²) >= 11 is 1.16. The Morgan fingerprint density at radius 3 is 2.54 bits per heavy atom. The fourth-order valence-corrected chi connectivity index (χ4v) is 5.50. The minimum absolute atomic E-state index is 0.109. The number of aryl methyl sites for hydroxylation is 1. The van der Waals surface area contributed by atoms with Gasteiger partial charge in [-0.25, -0.2) is 18.5 Å². The van der Waals surface area contributed by atoms with E-state index in [0.717, 1.165) is 22.3 Å². The largest absolute Gasteiger partial charge is 0.496 e. The van der Waals surface area contributed by atoms with Crippen LogP contribution in [-0.2, 0) is 21.6 Å². The molecule has 0 bridgehead atoms. The fraction of sp³-hybridized carbons (Fsp3) is 0.370. The van der Waals surface area contributed by atoms with E-state index in [9.17, 15) is 18.8 Å². The number of rotatable bonds is 10. The maximum Gasteiger partial charge on any atom is 0.333 e. The van der Waals surface area contributed by atoms with Crippen molar-refractivity contribution in [2.75, 3.05) is 13.7 Å². The number of hydrogen-bond acceptors (Lipinski definition) is 8. The van der Waals surface area contributed by atoms with Gasteiger partial charge in [0.2, 0.25) is 0 Å². The molecule has 0 aliphatic heterocycles. The van der Waals surface area contributed by atoms with E-state index in [0.29, 0.717) is 38.7 Å². The number of carbonyl (C=O) groups is 1. The van der Waals surface area contributed by atoms with Crippen LogP contribution in [0.1, 0.15) is 44.7 Å². The molecule has 0 radical (unpaired) electrons. The Balaban J connectivity index is 1.97. The van der Waals surface area contributed by atoms with Crippen molar-refractivity contribution in [3.8, 4) is 10.8 Å². The Kier molecular flexibility index (Phi) is 7.86. The summed E-state index contributed by atoms with van der Waals surface area (Å²) in [5.74, 6) is -0.819. The lowest BCUT2D eigenvalue weighted by molar-refractivity contribution is -0.153. The van der Waals surface area contributed by atoms with Crippen molar-refractivity contribution in [2.24, 2.45) is 0 Å². The van der Waals surface area contributed by atoms with Gasteiger partial charge in [-0.3, -0.25) is 9.36 Å². The number of allylic oxidation sites excluding steroid dienone is 1. The number of esters is 1. The van der Waals surface area contributed by atoms with Gasteiger partial charge in [-0.15, -0.1) is 4.80 Å². The van der Waals surface area contributed by atoms with Gasteiger partial charge in [0.25, 0.3) is 5.56 Å². The zero-order valence-corrected chi connectivity index (χ0v) is 23.3. The van der Waals surface area contributed by atoms with E-state index < -0.39 is 28.6 Å². The second-order valence-electron chi connectivity index (χ2n) is 9.54. The van der Waals surface area contributed by atoms with Gasteiger partial charge in [0, 0.05) is 11.1 Å². The smallest absolute Gasteiger partial charge is 0.333 e. The van der Waals surface area contributed by atoms with Crippen molar-refractivity contribution >= 4 is 33.1 Å². The monoisotopic (exact) mass is 555 g/mol. The number of unbranched alkanes of at least 4 members (excludes halogenated alkanes) is 1. The number of fused-ring (bicyclic) bond motifs is 1. The van der Waals surface area contributed by atoms with E-state index in [-0.39, 0.29) is 18.5 Å². The van der Waals surface area contributed by atoms with E-state index in [1.807, 2.05) is 6.92 Å². The number of methoxy groups -OCH3 is 1. The highest BCUT2D eigenvalue weighted by Gasteiger charge is 2.37. The van der Waals surface area contributed by atoms with Gasteiger partial charge in [-0.1, -0.05) is 31.3 Å². The first-order chi connectivity index (χ1) is 18.5. The Morgan fingerprint density at radius 1 is 1.21 bits per heavy atom. The van der Waals surface area contributed by atoms with Gasteiger partial charge in [0.05, 0.1) is 38.0 Å². The number of hydrogen-bond donors (Lipinski definition) is 0. The van der Waals surface area contributed by atoms with Crippen LogP contribution in [0.5, 0.6) is 5.75 Å². The number of ether oxygens (including phenoxy) is 2. The van der Waals surface area contributed by atoms with Crippen LogP contribution in [0.15, 0.2) is 46.8 Å². The number of aromatic nitrogens is 5. The predicted octanol–water partition coefficient (Wildman–Crippen LogP) is 4.05. The molecule has 1 aromatic carbocycles. The molecule has 3 aromatic heterocycles. The molecule has 3 heterocycles. The number of halogens is 1. The topological polar surface area (TPSA) is 110 Å². The molecule has 0 saturated carbocycles. The van der Waals surface area contributed by atoms with Gasteiger partial charge in [0.15, 0.2) is 0 Å². The molecule has 0 aliphatic rings. The third-order valence-electron chi connectivity index (χ3n) is 6.47. The molecule has 4 rings (SSSR count). The van der Waals surface area contributed by atoms with Crippen LogP contribution in [0, 0.1) is 12.7 Å². The maximum atomic E-state index is 14.1. The Labute approximate surface area is 227 Å². The molecular weight excluding hydrogens is 525 g/mol. The second-order valence-corrected chi connectivity index (χ2v) is 10.5. The molecule has 0 aliphatic carbocycles. The second kappa shape index (κ2) is 11.0. The molecule has 0 atom stereocenters. The van der Waals surface area contributed by atoms with Crippen molar-refractivity contribution in [1.29, 1.82) is 0 Å². The zero-order chi connectivity index (χ0) is 28.5. The van der Waals surface area contributed by atoms with Crippen LogP contribution in [0.3, 0.4) is 0 Å². The SMILES string of the molecule is C=C(Cn1c(=O)n(C(C)(C)C(=O)OCCCC)c(=O)c2c(C)c(-n3nccn3)sc21)c1cc(F)ccc1OC. The summed E-state index contributed by atoms with van der Waals surface area (Å²) in [4.78, 5) is 42.7. The highest BCUT2D eigenvalue weighted by molar-refractivity contribution is 7.21. The van der Waals surface area contributed by atoms with E-state index >= 15 is 0 Å².